The Morgan fingerprint density at radius 2 is 2.18 bits per heavy atom. The van der Waals surface area contributed by atoms with E-state index in [1.165, 1.54) is 15.4 Å². The average molecular weight is 303 g/mol. The maximum absolute atomic E-state index is 11.8. The molecular weight excluding hydrogens is 288 g/mol. The molecule has 2 N–H and O–H groups in total. The van der Waals surface area contributed by atoms with E-state index in [2.05, 4.69) is 31.2 Å². The van der Waals surface area contributed by atoms with Crippen molar-refractivity contribution in [2.75, 3.05) is 5.33 Å². The van der Waals surface area contributed by atoms with Crippen LogP contribution in [0.2, 0.25) is 0 Å². The Hall–Kier alpha value is -1.28. The molecule has 2 aromatic rings. The summed E-state index contributed by atoms with van der Waals surface area (Å²) in [6.45, 7) is 4.71. The van der Waals surface area contributed by atoms with Gasteiger partial charge in [-0.1, -0.05) is 35.0 Å². The summed E-state index contributed by atoms with van der Waals surface area (Å²) in [4.78, 5) is 15.8. The van der Waals surface area contributed by atoms with Crippen LogP contribution in [0.1, 0.15) is 19.5 Å². The molecule has 0 aliphatic carbocycles. The number of hydrogen-bond acceptors (Lipinski definition) is 5. The lowest BCUT2D eigenvalue weighted by Gasteiger charge is -2.00. The molecule has 0 fully saturated rings. The summed E-state index contributed by atoms with van der Waals surface area (Å²) in [5, 5.41) is 8.33. The van der Waals surface area contributed by atoms with Gasteiger partial charge in [0, 0.05) is 11.9 Å². The highest BCUT2D eigenvalue weighted by atomic mass is 79.9. The fraction of sp³-hybridized carbons (Fsp3) is 0.556. The van der Waals surface area contributed by atoms with Crippen LogP contribution >= 0.6 is 15.9 Å². The highest BCUT2D eigenvalue weighted by Crippen LogP contribution is 2.00. The van der Waals surface area contributed by atoms with Crippen LogP contribution in [-0.4, -0.2) is 29.7 Å². The summed E-state index contributed by atoms with van der Waals surface area (Å²) in [6.07, 6.45) is 1.42. The maximum Gasteiger partial charge on any atom is 0.352 e. The van der Waals surface area contributed by atoms with Crippen LogP contribution in [-0.2, 0) is 13.1 Å². The highest BCUT2D eigenvalue weighted by molar-refractivity contribution is 9.09. The van der Waals surface area contributed by atoms with E-state index in [1.54, 1.807) is 0 Å². The second kappa shape index (κ2) is 6.45. The second-order valence-electron chi connectivity index (χ2n) is 2.87. The van der Waals surface area contributed by atoms with Crippen molar-refractivity contribution in [2.24, 2.45) is 5.73 Å². The normalized spacial score (nSPS) is 10.1. The molecular formula is C9H15BrN6O. The Labute approximate surface area is 107 Å². The van der Waals surface area contributed by atoms with Crippen LogP contribution < -0.4 is 11.4 Å². The van der Waals surface area contributed by atoms with Crippen molar-refractivity contribution in [1.82, 2.24) is 24.4 Å². The zero-order chi connectivity index (χ0) is 12.8. The molecule has 8 heteroatoms. The lowest BCUT2D eigenvalue weighted by atomic mass is 10.5. The number of rotatable bonds is 3. The Bertz CT molecular complexity index is 534. The number of fused-ring (bicyclic) bond motifs is 1. The maximum atomic E-state index is 11.8. The first kappa shape index (κ1) is 13.8. The third-order valence-electron chi connectivity index (χ3n) is 1.98. The van der Waals surface area contributed by atoms with E-state index in [0.29, 0.717) is 23.2 Å². The van der Waals surface area contributed by atoms with Gasteiger partial charge in [-0.05, 0) is 0 Å². The quantitative estimate of drug-likeness (QED) is 0.816. The first-order chi connectivity index (χ1) is 8.27. The first-order valence-electron chi connectivity index (χ1n) is 5.33. The van der Waals surface area contributed by atoms with Crippen molar-refractivity contribution >= 4 is 21.6 Å². The third kappa shape index (κ3) is 2.70. The number of imidazole rings is 1. The van der Waals surface area contributed by atoms with E-state index < -0.39 is 0 Å². The summed E-state index contributed by atoms with van der Waals surface area (Å²) in [5.41, 5.74) is 6.19. The number of alkyl halides is 1. The fourth-order valence-electron chi connectivity index (χ4n) is 1.25. The summed E-state index contributed by atoms with van der Waals surface area (Å²) in [7, 11) is 0. The molecule has 94 valence electrons. The molecule has 2 rings (SSSR count). The third-order valence-corrected chi connectivity index (χ3v) is 2.33. The summed E-state index contributed by atoms with van der Waals surface area (Å²) < 4.78 is 2.61. The molecule has 0 aromatic carbocycles. The zero-order valence-electron chi connectivity index (χ0n) is 9.80. The van der Waals surface area contributed by atoms with Crippen LogP contribution in [0.5, 0.6) is 0 Å². The summed E-state index contributed by atoms with van der Waals surface area (Å²) >= 11 is 3.23. The van der Waals surface area contributed by atoms with Crippen molar-refractivity contribution < 1.29 is 0 Å². The number of aromatic nitrogens is 5. The standard InChI is InChI=1S/C7H9BrN6O.C2H6/c8-1-2-14-7(15)13-4-10-5(3-9)6(13)11-12-14;1-2/h4H,1-3,9H2;1-2H3. The molecule has 17 heavy (non-hydrogen) atoms. The predicted octanol–water partition coefficient (Wildman–Crippen LogP) is 0.166. The van der Waals surface area contributed by atoms with Crippen molar-refractivity contribution in [2.45, 2.75) is 26.9 Å². The van der Waals surface area contributed by atoms with E-state index in [0.717, 1.165) is 0 Å². The molecule has 0 saturated heterocycles. The fourth-order valence-corrected chi connectivity index (χ4v) is 1.58. The SMILES string of the molecule is CC.NCc1ncn2c(=O)n(CCBr)nnc12. The molecule has 0 saturated carbocycles. The van der Waals surface area contributed by atoms with E-state index in [4.69, 9.17) is 5.73 Å². The molecule has 0 radical (unpaired) electrons. The monoisotopic (exact) mass is 302 g/mol. The van der Waals surface area contributed by atoms with Gasteiger partial charge in [-0.15, -0.1) is 5.10 Å². The number of nitrogens with two attached hydrogens (primary N) is 1. The number of hydrogen-bond donors (Lipinski definition) is 1. The van der Waals surface area contributed by atoms with E-state index >= 15 is 0 Å². The lowest BCUT2D eigenvalue weighted by Crippen LogP contribution is -2.30. The topological polar surface area (TPSA) is 91.1 Å². The number of aryl methyl sites for hydroxylation is 1. The zero-order valence-corrected chi connectivity index (χ0v) is 11.4. The highest BCUT2D eigenvalue weighted by Gasteiger charge is 2.09. The Morgan fingerprint density at radius 1 is 1.47 bits per heavy atom. The molecule has 0 aliphatic rings. The smallest absolute Gasteiger partial charge is 0.325 e. The van der Waals surface area contributed by atoms with Crippen LogP contribution in [0.15, 0.2) is 11.1 Å². The van der Waals surface area contributed by atoms with Gasteiger partial charge in [-0.3, -0.25) is 0 Å². The van der Waals surface area contributed by atoms with Gasteiger partial charge in [0.05, 0.1) is 6.54 Å². The molecule has 0 bridgehead atoms. The minimum absolute atomic E-state index is 0.243. The Balaban J connectivity index is 0.000000686. The summed E-state index contributed by atoms with van der Waals surface area (Å²) in [6, 6.07) is 0. The van der Waals surface area contributed by atoms with Gasteiger partial charge in [0.1, 0.15) is 12.0 Å². The van der Waals surface area contributed by atoms with Gasteiger partial charge < -0.3 is 5.73 Å². The van der Waals surface area contributed by atoms with E-state index in [-0.39, 0.29) is 12.2 Å². The molecule has 2 aromatic heterocycles. The molecule has 0 amide bonds. The molecule has 0 aliphatic heterocycles. The van der Waals surface area contributed by atoms with Crippen LogP contribution in [0.3, 0.4) is 0 Å². The number of nitrogens with zero attached hydrogens (tertiary/aromatic N) is 5. The Morgan fingerprint density at radius 3 is 2.76 bits per heavy atom. The van der Waals surface area contributed by atoms with E-state index in [1.807, 2.05) is 13.8 Å². The van der Waals surface area contributed by atoms with Crippen molar-refractivity contribution in [3.8, 4) is 0 Å². The van der Waals surface area contributed by atoms with Gasteiger partial charge in [-0.2, -0.15) is 4.68 Å². The van der Waals surface area contributed by atoms with Gasteiger partial charge in [-0.25, -0.2) is 14.2 Å². The number of halogens is 1. The van der Waals surface area contributed by atoms with Crippen LogP contribution in [0.25, 0.3) is 5.65 Å². The Kier molecular flexibility index (Phi) is 5.23. The van der Waals surface area contributed by atoms with Crippen molar-refractivity contribution in [1.29, 1.82) is 0 Å². The molecule has 0 atom stereocenters. The molecule has 7 nitrogen and oxygen atoms in total. The summed E-state index contributed by atoms with van der Waals surface area (Å²) in [5.74, 6) is 0. The van der Waals surface area contributed by atoms with E-state index in [9.17, 15) is 4.79 Å². The van der Waals surface area contributed by atoms with Crippen LogP contribution in [0.4, 0.5) is 0 Å². The van der Waals surface area contributed by atoms with Crippen molar-refractivity contribution in [3.63, 3.8) is 0 Å². The van der Waals surface area contributed by atoms with Gasteiger partial charge in [0.2, 0.25) is 0 Å². The predicted molar refractivity (Wildman–Crippen MR) is 68.1 cm³/mol. The largest absolute Gasteiger partial charge is 0.352 e. The second-order valence-corrected chi connectivity index (χ2v) is 3.67. The molecule has 0 spiro atoms. The van der Waals surface area contributed by atoms with Gasteiger partial charge in [0.15, 0.2) is 5.65 Å². The van der Waals surface area contributed by atoms with Crippen LogP contribution in [0, 0.1) is 0 Å². The molecule has 0 unspecified atom stereocenters. The van der Waals surface area contributed by atoms with Crippen molar-refractivity contribution in [3.05, 3.63) is 22.5 Å². The van der Waals surface area contributed by atoms with Gasteiger partial charge >= 0.3 is 5.69 Å². The first-order valence-corrected chi connectivity index (χ1v) is 6.46. The van der Waals surface area contributed by atoms with Gasteiger partial charge in [0.25, 0.3) is 0 Å². The molecule has 2 heterocycles. The minimum atomic E-state index is -0.258. The lowest BCUT2D eigenvalue weighted by molar-refractivity contribution is 0.549. The minimum Gasteiger partial charge on any atom is -0.325 e. The average Bonchev–Trinajstić information content (AvgIpc) is 2.79.